The standard InChI is InChI=1S/C19H20ClNO4/c1-24-17-8-5-14(11-18(17)25-2)16(12-19(23)21-9-10-22)13-3-6-15(20)7-4-13/h3-8,11-12,22H,9-10H2,1-2H3,(H,21,23)/b16-12-. The minimum absolute atomic E-state index is 0.119. The van der Waals surface area contributed by atoms with Crippen molar-refractivity contribution in [2.24, 2.45) is 0 Å². The molecule has 2 aromatic carbocycles. The molecule has 0 aliphatic carbocycles. The van der Waals surface area contributed by atoms with Crippen LogP contribution < -0.4 is 14.8 Å². The van der Waals surface area contributed by atoms with Crippen LogP contribution in [0.3, 0.4) is 0 Å². The van der Waals surface area contributed by atoms with Crippen LogP contribution in [0.1, 0.15) is 11.1 Å². The molecule has 0 bridgehead atoms. The summed E-state index contributed by atoms with van der Waals surface area (Å²) in [5.41, 5.74) is 2.32. The molecule has 2 N–H and O–H groups in total. The molecule has 0 aliphatic heterocycles. The lowest BCUT2D eigenvalue weighted by Crippen LogP contribution is -2.24. The lowest BCUT2D eigenvalue weighted by Gasteiger charge is -2.13. The van der Waals surface area contributed by atoms with Crippen LogP contribution in [0.25, 0.3) is 5.57 Å². The van der Waals surface area contributed by atoms with Crippen molar-refractivity contribution >= 4 is 23.1 Å². The minimum Gasteiger partial charge on any atom is -0.493 e. The van der Waals surface area contributed by atoms with Gasteiger partial charge in [-0.2, -0.15) is 0 Å². The molecule has 1 amide bonds. The monoisotopic (exact) mass is 361 g/mol. The summed E-state index contributed by atoms with van der Waals surface area (Å²) in [6, 6.07) is 12.6. The third kappa shape index (κ3) is 4.98. The third-order valence-corrected chi connectivity index (χ3v) is 3.79. The van der Waals surface area contributed by atoms with Crippen LogP contribution in [0.2, 0.25) is 5.02 Å². The molecule has 0 aromatic heterocycles. The van der Waals surface area contributed by atoms with Gasteiger partial charge in [0.15, 0.2) is 11.5 Å². The lowest BCUT2D eigenvalue weighted by molar-refractivity contribution is -0.116. The Bertz CT molecular complexity index is 757. The Kier molecular flexibility index (Phi) is 6.86. The van der Waals surface area contributed by atoms with E-state index in [0.717, 1.165) is 11.1 Å². The zero-order valence-electron chi connectivity index (χ0n) is 14.1. The summed E-state index contributed by atoms with van der Waals surface area (Å²) in [5.74, 6) is 0.871. The van der Waals surface area contributed by atoms with Gasteiger partial charge in [0.2, 0.25) is 5.91 Å². The summed E-state index contributed by atoms with van der Waals surface area (Å²) in [5, 5.41) is 12.1. The van der Waals surface area contributed by atoms with Crippen molar-refractivity contribution < 1.29 is 19.4 Å². The van der Waals surface area contributed by atoms with E-state index in [4.69, 9.17) is 26.2 Å². The summed E-state index contributed by atoms with van der Waals surface area (Å²) in [6.07, 6.45) is 1.49. The zero-order chi connectivity index (χ0) is 18.2. The van der Waals surface area contributed by atoms with Crippen LogP contribution in [0.15, 0.2) is 48.5 Å². The molecule has 0 radical (unpaired) electrons. The normalized spacial score (nSPS) is 11.1. The molecule has 25 heavy (non-hydrogen) atoms. The van der Waals surface area contributed by atoms with E-state index < -0.39 is 0 Å². The van der Waals surface area contributed by atoms with Gasteiger partial charge in [-0.25, -0.2) is 0 Å². The first-order chi connectivity index (χ1) is 12.1. The fraction of sp³-hybridized carbons (Fsp3) is 0.211. The number of ether oxygens (including phenoxy) is 2. The van der Waals surface area contributed by atoms with Crippen LogP contribution in [0.4, 0.5) is 0 Å². The smallest absolute Gasteiger partial charge is 0.244 e. The molecule has 0 spiro atoms. The SMILES string of the molecule is COc1ccc(/C(=C\C(=O)NCCO)c2ccc(Cl)cc2)cc1OC. The van der Waals surface area contributed by atoms with Crippen LogP contribution in [-0.2, 0) is 4.79 Å². The molecule has 0 heterocycles. The minimum atomic E-state index is -0.297. The molecule has 6 heteroatoms. The quantitative estimate of drug-likeness (QED) is 0.744. The number of amides is 1. The number of carbonyl (C=O) groups excluding carboxylic acids is 1. The van der Waals surface area contributed by atoms with Crippen molar-refractivity contribution in [3.63, 3.8) is 0 Å². The van der Waals surface area contributed by atoms with E-state index in [1.165, 1.54) is 6.08 Å². The predicted octanol–water partition coefficient (Wildman–Crippen LogP) is 2.90. The summed E-state index contributed by atoms with van der Waals surface area (Å²) in [4.78, 5) is 12.1. The summed E-state index contributed by atoms with van der Waals surface area (Å²) in [6.45, 7) is 0.0708. The van der Waals surface area contributed by atoms with Crippen LogP contribution in [0.5, 0.6) is 11.5 Å². The summed E-state index contributed by atoms with van der Waals surface area (Å²) >= 11 is 5.96. The maximum Gasteiger partial charge on any atom is 0.244 e. The van der Waals surface area contributed by atoms with Gasteiger partial charge in [0.1, 0.15) is 0 Å². The van der Waals surface area contributed by atoms with Gasteiger partial charge in [-0.15, -0.1) is 0 Å². The maximum atomic E-state index is 12.1. The first kappa shape index (κ1) is 18.8. The number of aliphatic hydroxyl groups is 1. The highest BCUT2D eigenvalue weighted by atomic mass is 35.5. The van der Waals surface area contributed by atoms with Gasteiger partial charge in [0.05, 0.1) is 20.8 Å². The lowest BCUT2D eigenvalue weighted by atomic mass is 9.97. The second-order valence-electron chi connectivity index (χ2n) is 5.15. The zero-order valence-corrected chi connectivity index (χ0v) is 14.8. The van der Waals surface area contributed by atoms with E-state index >= 15 is 0 Å². The molecule has 5 nitrogen and oxygen atoms in total. The van der Waals surface area contributed by atoms with E-state index in [1.54, 1.807) is 38.5 Å². The number of halogens is 1. The molecule has 2 rings (SSSR count). The Morgan fingerprint density at radius 1 is 1.08 bits per heavy atom. The van der Waals surface area contributed by atoms with Crippen molar-refractivity contribution in [2.45, 2.75) is 0 Å². The molecule has 0 fully saturated rings. The molecular weight excluding hydrogens is 342 g/mol. The average molecular weight is 362 g/mol. The number of hydrogen-bond donors (Lipinski definition) is 2. The molecule has 0 aliphatic rings. The van der Waals surface area contributed by atoms with E-state index in [0.29, 0.717) is 22.1 Å². The Morgan fingerprint density at radius 3 is 2.32 bits per heavy atom. The number of carbonyl (C=O) groups is 1. The van der Waals surface area contributed by atoms with Gasteiger partial charge in [-0.05, 0) is 41.0 Å². The second kappa shape index (κ2) is 9.11. The van der Waals surface area contributed by atoms with Crippen molar-refractivity contribution in [1.82, 2.24) is 5.32 Å². The fourth-order valence-corrected chi connectivity index (χ4v) is 2.45. The Morgan fingerprint density at radius 2 is 1.72 bits per heavy atom. The highest BCUT2D eigenvalue weighted by molar-refractivity contribution is 6.30. The van der Waals surface area contributed by atoms with Gasteiger partial charge < -0.3 is 19.9 Å². The molecule has 0 unspecified atom stereocenters. The molecule has 0 saturated carbocycles. The van der Waals surface area contributed by atoms with Gasteiger partial charge in [0, 0.05) is 17.6 Å². The van der Waals surface area contributed by atoms with Crippen LogP contribution in [0, 0.1) is 0 Å². The van der Waals surface area contributed by atoms with Gasteiger partial charge in [-0.3, -0.25) is 4.79 Å². The first-order valence-electron chi connectivity index (χ1n) is 7.67. The number of benzene rings is 2. The molecule has 0 atom stereocenters. The topological polar surface area (TPSA) is 67.8 Å². The van der Waals surface area contributed by atoms with E-state index in [1.807, 2.05) is 18.2 Å². The number of hydrogen-bond acceptors (Lipinski definition) is 4. The fourth-order valence-electron chi connectivity index (χ4n) is 2.33. The highest BCUT2D eigenvalue weighted by Gasteiger charge is 2.12. The van der Waals surface area contributed by atoms with E-state index in [-0.39, 0.29) is 19.1 Å². The maximum absolute atomic E-state index is 12.1. The highest BCUT2D eigenvalue weighted by Crippen LogP contribution is 2.33. The van der Waals surface area contributed by atoms with Crippen LogP contribution >= 0.6 is 11.6 Å². The number of nitrogens with one attached hydrogen (secondary N) is 1. The average Bonchev–Trinajstić information content (AvgIpc) is 2.64. The second-order valence-corrected chi connectivity index (χ2v) is 5.59. The van der Waals surface area contributed by atoms with Crippen molar-refractivity contribution in [3.8, 4) is 11.5 Å². The van der Waals surface area contributed by atoms with Gasteiger partial charge in [0.25, 0.3) is 0 Å². The summed E-state index contributed by atoms with van der Waals surface area (Å²) < 4.78 is 10.6. The first-order valence-corrected chi connectivity index (χ1v) is 8.05. The third-order valence-electron chi connectivity index (χ3n) is 3.54. The van der Waals surface area contributed by atoms with Crippen LogP contribution in [-0.4, -0.2) is 38.4 Å². The van der Waals surface area contributed by atoms with Gasteiger partial charge in [-0.1, -0.05) is 29.8 Å². The van der Waals surface area contributed by atoms with Crippen molar-refractivity contribution in [3.05, 3.63) is 64.7 Å². The van der Waals surface area contributed by atoms with Crippen molar-refractivity contribution in [1.29, 1.82) is 0 Å². The molecule has 132 valence electrons. The predicted molar refractivity (Wildman–Crippen MR) is 98.2 cm³/mol. The molecule has 0 saturated heterocycles. The molecular formula is C19H20ClNO4. The number of methoxy groups -OCH3 is 2. The largest absolute Gasteiger partial charge is 0.493 e. The van der Waals surface area contributed by atoms with Crippen molar-refractivity contribution in [2.75, 3.05) is 27.4 Å². The summed E-state index contributed by atoms with van der Waals surface area (Å²) in [7, 11) is 3.12. The Balaban J connectivity index is 2.49. The number of rotatable bonds is 7. The van der Waals surface area contributed by atoms with Gasteiger partial charge >= 0.3 is 0 Å². The molecule has 2 aromatic rings. The Labute approximate surface area is 151 Å². The van der Waals surface area contributed by atoms with E-state index in [9.17, 15) is 4.79 Å². The Hall–Kier alpha value is -2.50. The number of aliphatic hydroxyl groups excluding tert-OH is 1. The van der Waals surface area contributed by atoms with E-state index in [2.05, 4.69) is 5.32 Å².